The first-order valence-corrected chi connectivity index (χ1v) is 7.49. The van der Waals surface area contributed by atoms with Crippen molar-refractivity contribution in [3.05, 3.63) is 23.0 Å². The minimum atomic E-state index is -0.162. The standard InChI is InChI=1S/C14H21ClN4O2.ClH/c1-18-9-11(15)7-12(18)14(21)19-6-2-3-10(8-19)13(20)17-5-4-16;/h7,9-10H,2-6,8,16H2,1H3,(H,17,20);1H. The molecule has 1 aliphatic rings. The van der Waals surface area contributed by atoms with Gasteiger partial charge in [0.1, 0.15) is 5.69 Å². The van der Waals surface area contributed by atoms with E-state index in [0.29, 0.717) is 36.9 Å². The van der Waals surface area contributed by atoms with Crippen molar-refractivity contribution in [3.63, 3.8) is 0 Å². The van der Waals surface area contributed by atoms with Crippen LogP contribution in [0.5, 0.6) is 0 Å². The van der Waals surface area contributed by atoms with Crippen molar-refractivity contribution in [2.45, 2.75) is 12.8 Å². The summed E-state index contributed by atoms with van der Waals surface area (Å²) in [6, 6.07) is 1.65. The predicted molar refractivity (Wildman–Crippen MR) is 88.4 cm³/mol. The highest BCUT2D eigenvalue weighted by molar-refractivity contribution is 6.31. The minimum Gasteiger partial charge on any atom is -0.355 e. The molecule has 0 spiro atoms. The van der Waals surface area contributed by atoms with Gasteiger partial charge in [-0.25, -0.2) is 0 Å². The van der Waals surface area contributed by atoms with Crippen LogP contribution in [0.3, 0.4) is 0 Å². The number of carbonyl (C=O) groups is 2. The number of amides is 2. The van der Waals surface area contributed by atoms with E-state index in [1.54, 1.807) is 28.8 Å². The summed E-state index contributed by atoms with van der Waals surface area (Å²) in [4.78, 5) is 26.2. The fraction of sp³-hybridized carbons (Fsp3) is 0.571. The maximum Gasteiger partial charge on any atom is 0.270 e. The molecule has 0 aliphatic carbocycles. The molecular weight excluding hydrogens is 327 g/mol. The molecule has 8 heteroatoms. The Morgan fingerprint density at radius 1 is 1.50 bits per heavy atom. The number of aryl methyl sites for hydroxylation is 1. The number of rotatable bonds is 4. The van der Waals surface area contributed by atoms with E-state index < -0.39 is 0 Å². The zero-order valence-electron chi connectivity index (χ0n) is 12.5. The summed E-state index contributed by atoms with van der Waals surface area (Å²) in [6.45, 7) is 2.00. The molecule has 22 heavy (non-hydrogen) atoms. The molecule has 3 N–H and O–H groups in total. The van der Waals surface area contributed by atoms with Crippen LogP contribution in [0.4, 0.5) is 0 Å². The molecule has 6 nitrogen and oxygen atoms in total. The maximum atomic E-state index is 12.5. The van der Waals surface area contributed by atoms with Crippen molar-refractivity contribution in [2.75, 3.05) is 26.2 Å². The molecule has 0 radical (unpaired) electrons. The second-order valence-corrected chi connectivity index (χ2v) is 5.76. The quantitative estimate of drug-likeness (QED) is 0.852. The molecule has 0 aromatic carbocycles. The SMILES string of the molecule is Cl.Cn1cc(Cl)cc1C(=O)N1CCCC(C(=O)NCCN)C1. The Hall–Kier alpha value is -1.24. The van der Waals surface area contributed by atoms with Crippen LogP contribution in [0, 0.1) is 5.92 Å². The number of hydrogen-bond acceptors (Lipinski definition) is 3. The summed E-state index contributed by atoms with van der Waals surface area (Å²) < 4.78 is 1.71. The smallest absolute Gasteiger partial charge is 0.270 e. The Kier molecular flexibility index (Phi) is 7.19. The monoisotopic (exact) mass is 348 g/mol. The van der Waals surface area contributed by atoms with Crippen LogP contribution in [0.2, 0.25) is 5.02 Å². The van der Waals surface area contributed by atoms with E-state index in [9.17, 15) is 9.59 Å². The Balaban J connectivity index is 0.00000242. The van der Waals surface area contributed by atoms with Crippen molar-refractivity contribution in [1.82, 2.24) is 14.8 Å². The number of likely N-dealkylation sites (tertiary alicyclic amines) is 1. The lowest BCUT2D eigenvalue weighted by Crippen LogP contribution is -2.46. The van der Waals surface area contributed by atoms with Crippen LogP contribution < -0.4 is 11.1 Å². The molecule has 1 aromatic rings. The third-order valence-corrected chi connectivity index (χ3v) is 3.92. The van der Waals surface area contributed by atoms with Gasteiger partial charge in [-0.1, -0.05) is 11.6 Å². The summed E-state index contributed by atoms with van der Waals surface area (Å²) >= 11 is 5.92. The van der Waals surface area contributed by atoms with E-state index >= 15 is 0 Å². The van der Waals surface area contributed by atoms with Gasteiger partial charge in [-0.05, 0) is 18.9 Å². The van der Waals surface area contributed by atoms with Gasteiger partial charge in [-0.3, -0.25) is 9.59 Å². The molecule has 2 rings (SSSR count). The number of carbonyl (C=O) groups excluding carboxylic acids is 2. The lowest BCUT2D eigenvalue weighted by molar-refractivity contribution is -0.126. The van der Waals surface area contributed by atoms with Gasteiger partial charge in [0, 0.05) is 39.4 Å². The molecule has 124 valence electrons. The summed E-state index contributed by atoms with van der Waals surface area (Å²) in [5, 5.41) is 3.33. The van der Waals surface area contributed by atoms with E-state index in [2.05, 4.69) is 5.32 Å². The number of nitrogens with two attached hydrogens (primary N) is 1. The molecule has 0 bridgehead atoms. The molecule has 2 heterocycles. The molecule has 0 saturated carbocycles. The van der Waals surface area contributed by atoms with Crippen LogP contribution >= 0.6 is 24.0 Å². The van der Waals surface area contributed by atoms with Gasteiger partial charge in [0.05, 0.1) is 10.9 Å². The molecule has 1 aromatic heterocycles. The topological polar surface area (TPSA) is 80.4 Å². The number of nitrogens with zero attached hydrogens (tertiary/aromatic N) is 2. The number of hydrogen-bond donors (Lipinski definition) is 2. The van der Waals surface area contributed by atoms with Crippen molar-refractivity contribution in [3.8, 4) is 0 Å². The summed E-state index contributed by atoms with van der Waals surface area (Å²) in [7, 11) is 1.79. The normalized spacial score (nSPS) is 17.8. The van der Waals surface area contributed by atoms with Gasteiger partial charge >= 0.3 is 0 Å². The van der Waals surface area contributed by atoms with Gasteiger partial charge in [0.25, 0.3) is 5.91 Å². The Morgan fingerprint density at radius 3 is 2.82 bits per heavy atom. The van der Waals surface area contributed by atoms with Crippen molar-refractivity contribution < 1.29 is 9.59 Å². The average molecular weight is 349 g/mol. The maximum absolute atomic E-state index is 12.5. The van der Waals surface area contributed by atoms with Gasteiger partial charge in [0.15, 0.2) is 0 Å². The number of aromatic nitrogens is 1. The summed E-state index contributed by atoms with van der Waals surface area (Å²) in [5.41, 5.74) is 5.93. The van der Waals surface area contributed by atoms with Crippen molar-refractivity contribution in [2.24, 2.45) is 18.7 Å². The van der Waals surface area contributed by atoms with Crippen LogP contribution in [0.25, 0.3) is 0 Å². The van der Waals surface area contributed by atoms with Crippen molar-refractivity contribution in [1.29, 1.82) is 0 Å². The zero-order chi connectivity index (χ0) is 15.4. The minimum absolute atomic E-state index is 0. The Bertz CT molecular complexity index is 533. The summed E-state index contributed by atoms with van der Waals surface area (Å²) in [5.74, 6) is -0.270. The fourth-order valence-electron chi connectivity index (χ4n) is 2.61. The zero-order valence-corrected chi connectivity index (χ0v) is 14.1. The molecular formula is C14H22Cl2N4O2. The predicted octanol–water partition coefficient (Wildman–Crippen LogP) is 1.03. The molecule has 1 fully saturated rings. The molecule has 1 saturated heterocycles. The first-order chi connectivity index (χ1) is 10.0. The highest BCUT2D eigenvalue weighted by atomic mass is 35.5. The molecule has 1 atom stereocenters. The van der Waals surface area contributed by atoms with Gasteiger partial charge in [-0.2, -0.15) is 0 Å². The van der Waals surface area contributed by atoms with Gasteiger partial charge in [-0.15, -0.1) is 12.4 Å². The van der Waals surface area contributed by atoms with Gasteiger partial charge < -0.3 is 20.5 Å². The van der Waals surface area contributed by atoms with Crippen LogP contribution in [0.1, 0.15) is 23.3 Å². The molecule has 2 amide bonds. The fourth-order valence-corrected chi connectivity index (χ4v) is 2.86. The average Bonchev–Trinajstić information content (AvgIpc) is 2.82. The number of piperidine rings is 1. The highest BCUT2D eigenvalue weighted by Crippen LogP contribution is 2.20. The lowest BCUT2D eigenvalue weighted by atomic mass is 9.97. The second-order valence-electron chi connectivity index (χ2n) is 5.32. The van der Waals surface area contributed by atoms with E-state index in [0.717, 1.165) is 12.8 Å². The summed E-state index contributed by atoms with van der Waals surface area (Å²) in [6.07, 6.45) is 3.32. The Morgan fingerprint density at radius 2 is 2.23 bits per heavy atom. The lowest BCUT2D eigenvalue weighted by Gasteiger charge is -2.32. The highest BCUT2D eigenvalue weighted by Gasteiger charge is 2.29. The largest absolute Gasteiger partial charge is 0.355 e. The first-order valence-electron chi connectivity index (χ1n) is 7.12. The van der Waals surface area contributed by atoms with Crippen LogP contribution in [-0.2, 0) is 11.8 Å². The third kappa shape index (κ3) is 4.38. The van der Waals surface area contributed by atoms with Gasteiger partial charge in [0.2, 0.25) is 5.91 Å². The molecule has 1 aliphatic heterocycles. The van der Waals surface area contributed by atoms with E-state index in [4.69, 9.17) is 17.3 Å². The van der Waals surface area contributed by atoms with Crippen LogP contribution in [-0.4, -0.2) is 47.5 Å². The number of halogens is 2. The van der Waals surface area contributed by atoms with Crippen LogP contribution in [0.15, 0.2) is 12.3 Å². The second kappa shape index (κ2) is 8.41. The van der Waals surface area contributed by atoms with E-state index in [-0.39, 0.29) is 30.1 Å². The van der Waals surface area contributed by atoms with E-state index in [1.807, 2.05) is 0 Å². The molecule has 1 unspecified atom stereocenters. The Labute approximate surface area is 141 Å². The van der Waals surface area contributed by atoms with Crippen molar-refractivity contribution >= 4 is 35.8 Å². The first kappa shape index (κ1) is 18.8. The third-order valence-electron chi connectivity index (χ3n) is 3.71. The van der Waals surface area contributed by atoms with E-state index in [1.165, 1.54) is 0 Å². The number of nitrogens with one attached hydrogen (secondary N) is 1.